The SMILES string of the molecule is CC/C=C\C/C=C\C/C=C\C/C=C\CCC(=O)OCC(COP(=O)(O)OCC(CO)OC(=O)CCCCCCC/C=C\CCCCCC)OC(=O)CCCCCCCCCCCCCCCCC. The minimum atomic E-state index is -4.76. The van der Waals surface area contributed by atoms with Crippen LogP contribution in [0, 0.1) is 0 Å². The highest BCUT2D eigenvalue weighted by molar-refractivity contribution is 7.47. The van der Waals surface area contributed by atoms with Crippen LogP contribution in [0.4, 0.5) is 0 Å². The van der Waals surface area contributed by atoms with E-state index < -0.39 is 57.8 Å². The molecule has 3 atom stereocenters. The van der Waals surface area contributed by atoms with Crippen molar-refractivity contribution in [1.82, 2.24) is 0 Å². The van der Waals surface area contributed by atoms with Gasteiger partial charge >= 0.3 is 25.7 Å². The van der Waals surface area contributed by atoms with Crippen LogP contribution in [0.5, 0.6) is 0 Å². The van der Waals surface area contributed by atoms with Gasteiger partial charge in [-0.2, -0.15) is 0 Å². The van der Waals surface area contributed by atoms with Gasteiger partial charge in [0.15, 0.2) is 6.10 Å². The summed E-state index contributed by atoms with van der Waals surface area (Å²) in [4.78, 5) is 48.3. The van der Waals surface area contributed by atoms with E-state index in [1.165, 1.54) is 96.3 Å². The second-order valence-electron chi connectivity index (χ2n) is 18.0. The van der Waals surface area contributed by atoms with Crippen LogP contribution in [0.1, 0.15) is 239 Å². The van der Waals surface area contributed by atoms with Crippen LogP contribution in [-0.2, 0) is 42.2 Å². The Labute approximate surface area is 415 Å². The lowest BCUT2D eigenvalue weighted by Crippen LogP contribution is -2.30. The molecule has 0 bridgehead atoms. The maximum Gasteiger partial charge on any atom is 0.472 e. The summed E-state index contributed by atoms with van der Waals surface area (Å²) in [7, 11) is -4.76. The Kier molecular flexibility index (Phi) is 48.5. The molecule has 0 aromatic rings. The molecule has 0 rings (SSSR count). The van der Waals surface area contributed by atoms with Crippen LogP contribution in [0.3, 0.4) is 0 Å². The normalized spacial score (nSPS) is 13.9. The molecule has 0 aliphatic heterocycles. The summed E-state index contributed by atoms with van der Waals surface area (Å²) in [5, 5.41) is 9.78. The highest BCUT2D eigenvalue weighted by Crippen LogP contribution is 2.43. The minimum Gasteiger partial charge on any atom is -0.462 e. The van der Waals surface area contributed by atoms with Crippen molar-refractivity contribution >= 4 is 25.7 Å². The number of esters is 3. The van der Waals surface area contributed by atoms with Crippen molar-refractivity contribution in [3.63, 3.8) is 0 Å². The molecule has 2 N–H and O–H groups in total. The highest BCUT2D eigenvalue weighted by Gasteiger charge is 2.28. The number of phosphoric acid groups is 1. The first-order chi connectivity index (χ1) is 33.2. The summed E-state index contributed by atoms with van der Waals surface area (Å²) in [5.41, 5.74) is 0. The number of phosphoric ester groups is 1. The molecule has 394 valence electrons. The van der Waals surface area contributed by atoms with Gasteiger partial charge < -0.3 is 24.2 Å². The van der Waals surface area contributed by atoms with Gasteiger partial charge in [-0.1, -0.05) is 210 Å². The monoisotopic (exact) mass is 979 g/mol. The van der Waals surface area contributed by atoms with Gasteiger partial charge in [0.05, 0.1) is 19.8 Å². The quantitative estimate of drug-likeness (QED) is 0.0197. The molecule has 0 heterocycles. The molecule has 3 unspecified atom stereocenters. The van der Waals surface area contributed by atoms with E-state index in [2.05, 4.69) is 69.4 Å². The number of allylic oxidation sites excluding steroid dienone is 10. The fourth-order valence-electron chi connectivity index (χ4n) is 7.31. The first-order valence-electron chi connectivity index (χ1n) is 27.2. The predicted molar refractivity (Wildman–Crippen MR) is 279 cm³/mol. The molecule has 0 saturated heterocycles. The van der Waals surface area contributed by atoms with Crippen molar-refractivity contribution in [3.8, 4) is 0 Å². The number of rotatable bonds is 50. The maximum absolute atomic E-state index is 12.9. The smallest absolute Gasteiger partial charge is 0.462 e. The molecule has 0 aromatic heterocycles. The minimum absolute atomic E-state index is 0.106. The average Bonchev–Trinajstić information content (AvgIpc) is 3.32. The number of ether oxygens (including phenoxy) is 3. The van der Waals surface area contributed by atoms with Gasteiger partial charge in [-0.05, 0) is 70.6 Å². The van der Waals surface area contributed by atoms with Crippen LogP contribution < -0.4 is 0 Å². The van der Waals surface area contributed by atoms with Crippen molar-refractivity contribution in [2.24, 2.45) is 0 Å². The van der Waals surface area contributed by atoms with Gasteiger partial charge in [0.2, 0.25) is 0 Å². The average molecular weight is 979 g/mol. The van der Waals surface area contributed by atoms with E-state index in [0.717, 1.165) is 83.5 Å². The zero-order valence-electron chi connectivity index (χ0n) is 43.3. The number of aliphatic hydroxyl groups is 1. The molecule has 12 heteroatoms. The van der Waals surface area contributed by atoms with E-state index in [1.807, 2.05) is 12.2 Å². The molecule has 0 radical (unpaired) electrons. The zero-order chi connectivity index (χ0) is 49.9. The van der Waals surface area contributed by atoms with E-state index in [0.29, 0.717) is 19.3 Å². The highest BCUT2D eigenvalue weighted by atomic mass is 31.2. The van der Waals surface area contributed by atoms with E-state index in [9.17, 15) is 28.9 Å². The maximum atomic E-state index is 12.9. The third-order valence-electron chi connectivity index (χ3n) is 11.4. The van der Waals surface area contributed by atoms with Gasteiger partial charge in [-0.15, -0.1) is 0 Å². The molecule has 11 nitrogen and oxygen atoms in total. The third-order valence-corrected chi connectivity index (χ3v) is 12.4. The number of hydrogen-bond donors (Lipinski definition) is 2. The molecule has 0 saturated carbocycles. The van der Waals surface area contributed by atoms with Crippen molar-refractivity contribution in [1.29, 1.82) is 0 Å². The summed E-state index contributed by atoms with van der Waals surface area (Å²) >= 11 is 0. The van der Waals surface area contributed by atoms with Crippen molar-refractivity contribution < 1.29 is 52.2 Å². The molecule has 68 heavy (non-hydrogen) atoms. The fourth-order valence-corrected chi connectivity index (χ4v) is 8.09. The Morgan fingerprint density at radius 2 is 0.794 bits per heavy atom. The number of hydrogen-bond acceptors (Lipinski definition) is 10. The first-order valence-corrected chi connectivity index (χ1v) is 28.7. The number of unbranched alkanes of at least 4 members (excludes halogenated alkanes) is 23. The van der Waals surface area contributed by atoms with Crippen LogP contribution in [0.15, 0.2) is 60.8 Å². The third kappa shape index (κ3) is 48.2. The first kappa shape index (κ1) is 65.2. The van der Waals surface area contributed by atoms with Crippen molar-refractivity contribution in [3.05, 3.63) is 60.8 Å². The number of aliphatic hydroxyl groups excluding tert-OH is 1. The van der Waals surface area contributed by atoms with Crippen LogP contribution in [0.2, 0.25) is 0 Å². The molecular weight excluding hydrogens is 880 g/mol. The molecule has 0 amide bonds. The summed E-state index contributed by atoms with van der Waals surface area (Å²) < 4.78 is 39.3. The Hall–Kier alpha value is -2.82. The molecule has 0 aliphatic rings. The van der Waals surface area contributed by atoms with E-state index >= 15 is 0 Å². The van der Waals surface area contributed by atoms with Gasteiger partial charge in [-0.25, -0.2) is 4.57 Å². The molecular formula is C56H99O11P. The van der Waals surface area contributed by atoms with Gasteiger partial charge in [0, 0.05) is 19.3 Å². The summed E-state index contributed by atoms with van der Waals surface area (Å²) in [5.74, 6) is -1.56. The van der Waals surface area contributed by atoms with E-state index in [4.69, 9.17) is 23.3 Å². The largest absolute Gasteiger partial charge is 0.472 e. The second kappa shape index (κ2) is 50.6. The Bertz CT molecular complexity index is 1370. The van der Waals surface area contributed by atoms with Crippen LogP contribution in [-0.4, -0.2) is 66.5 Å². The zero-order valence-corrected chi connectivity index (χ0v) is 44.2. The lowest BCUT2D eigenvalue weighted by molar-refractivity contribution is -0.161. The molecule has 0 aromatic carbocycles. The Balaban J connectivity index is 4.79. The van der Waals surface area contributed by atoms with Crippen LogP contribution in [0.25, 0.3) is 0 Å². The number of carbonyl (C=O) groups excluding carboxylic acids is 3. The van der Waals surface area contributed by atoms with Gasteiger partial charge in [0.1, 0.15) is 12.7 Å². The van der Waals surface area contributed by atoms with Gasteiger partial charge in [0.25, 0.3) is 0 Å². The van der Waals surface area contributed by atoms with E-state index in [1.54, 1.807) is 0 Å². The topological polar surface area (TPSA) is 155 Å². The molecule has 0 fully saturated rings. The summed E-state index contributed by atoms with van der Waals surface area (Å²) in [6, 6.07) is 0. The fraction of sp³-hybridized carbons (Fsp3) is 0.768. The second-order valence-corrected chi connectivity index (χ2v) is 19.5. The lowest BCUT2D eigenvalue weighted by Gasteiger charge is -2.21. The van der Waals surface area contributed by atoms with Crippen molar-refractivity contribution in [2.75, 3.05) is 26.4 Å². The molecule has 0 aliphatic carbocycles. The standard InChI is InChI=1S/C56H99O11P/c1-4-7-10-13-16-19-22-25-26-29-32-35-38-41-44-47-56(60)67-53(49-63-54(58)45-42-39-36-33-30-27-23-20-17-14-11-8-5-2)51-65-68(61,62)64-50-52(48-57)66-55(59)46-43-40-37-34-31-28-24-21-18-15-12-9-6-3/h8,11,17,20-21,24,27,30,36,39,52-53,57H,4-7,9-10,12-16,18-19,22-23,25-26,28-29,31-35,37-38,40-51H2,1-3H3,(H,61,62)/b11-8-,20-17-,24-21-,30-27-,39-36-. The van der Waals surface area contributed by atoms with Gasteiger partial charge in [-0.3, -0.25) is 23.4 Å². The Morgan fingerprint density at radius 3 is 1.25 bits per heavy atom. The molecule has 0 spiro atoms. The predicted octanol–water partition coefficient (Wildman–Crippen LogP) is 15.6. The summed E-state index contributed by atoms with van der Waals surface area (Å²) in [6.45, 7) is 4.43. The van der Waals surface area contributed by atoms with E-state index in [-0.39, 0.29) is 25.9 Å². The Morgan fingerprint density at radius 1 is 0.426 bits per heavy atom. The van der Waals surface area contributed by atoms with Crippen molar-refractivity contribution in [2.45, 2.75) is 251 Å². The summed E-state index contributed by atoms with van der Waals surface area (Å²) in [6.07, 6.45) is 53.4. The number of carbonyl (C=O) groups is 3. The lowest BCUT2D eigenvalue weighted by atomic mass is 10.0. The van der Waals surface area contributed by atoms with Crippen LogP contribution >= 0.6 is 7.82 Å².